The lowest BCUT2D eigenvalue weighted by Crippen LogP contribution is -2.16. The maximum absolute atomic E-state index is 15.1. The van der Waals surface area contributed by atoms with Gasteiger partial charge in [-0.1, -0.05) is 31.5 Å². The van der Waals surface area contributed by atoms with Gasteiger partial charge in [0.2, 0.25) is 11.6 Å². The zero-order chi connectivity index (χ0) is 28.8. The van der Waals surface area contributed by atoms with Gasteiger partial charge in [0.25, 0.3) is 0 Å². The highest BCUT2D eigenvalue weighted by Crippen LogP contribution is 2.41. The van der Waals surface area contributed by atoms with Crippen molar-refractivity contribution in [3.05, 3.63) is 82.4 Å². The van der Waals surface area contributed by atoms with E-state index in [1.54, 1.807) is 13.0 Å². The molecular weight excluding hydrogens is 530 g/mol. The van der Waals surface area contributed by atoms with Crippen molar-refractivity contribution >= 4 is 0 Å². The average Bonchev–Trinajstić information content (AvgIpc) is 2.96. The number of hydrogen-bond acceptors (Lipinski definition) is 2. The van der Waals surface area contributed by atoms with Crippen LogP contribution < -0.4 is 9.47 Å². The molecule has 0 bridgehead atoms. The number of hydrogen-bond donors (Lipinski definition) is 0. The molecule has 0 spiro atoms. The minimum absolute atomic E-state index is 0.0779. The quantitative estimate of drug-likeness (QED) is 0.171. The molecule has 216 valence electrons. The Labute approximate surface area is 231 Å². The number of halogens is 6. The fraction of sp³-hybridized carbons (Fsp3) is 0.438. The number of aryl methyl sites for hydroxylation is 1. The lowest BCUT2D eigenvalue weighted by molar-refractivity contribution is 0.286. The minimum atomic E-state index is -1.30. The molecule has 3 aromatic rings. The molecule has 1 saturated carbocycles. The zero-order valence-corrected chi connectivity index (χ0v) is 22.8. The van der Waals surface area contributed by atoms with Gasteiger partial charge in [-0.2, -0.15) is 8.78 Å². The smallest absolute Gasteiger partial charge is 0.201 e. The molecular formula is C32H34F6O2. The summed E-state index contributed by atoms with van der Waals surface area (Å²) in [4.78, 5) is 0. The third-order valence-corrected chi connectivity index (χ3v) is 7.74. The second-order valence-corrected chi connectivity index (χ2v) is 10.3. The van der Waals surface area contributed by atoms with Crippen LogP contribution in [0, 0.1) is 40.8 Å². The summed E-state index contributed by atoms with van der Waals surface area (Å²) in [6, 6.07) is 8.12. The number of rotatable bonds is 11. The molecule has 0 unspecified atom stereocenters. The third-order valence-electron chi connectivity index (χ3n) is 7.74. The molecule has 0 amide bonds. The van der Waals surface area contributed by atoms with E-state index in [1.165, 1.54) is 30.3 Å². The van der Waals surface area contributed by atoms with Gasteiger partial charge in [0.1, 0.15) is 0 Å². The molecule has 2 nitrogen and oxygen atoms in total. The van der Waals surface area contributed by atoms with Gasteiger partial charge in [-0.15, -0.1) is 0 Å². The fourth-order valence-corrected chi connectivity index (χ4v) is 5.42. The molecule has 1 aliphatic rings. The summed E-state index contributed by atoms with van der Waals surface area (Å²) in [6.07, 6.45) is 5.34. The first-order valence-electron chi connectivity index (χ1n) is 13.9. The van der Waals surface area contributed by atoms with Crippen LogP contribution in [-0.4, -0.2) is 13.2 Å². The van der Waals surface area contributed by atoms with Crippen molar-refractivity contribution in [2.45, 2.75) is 71.1 Å². The van der Waals surface area contributed by atoms with Crippen LogP contribution in [0.5, 0.6) is 11.5 Å². The molecule has 40 heavy (non-hydrogen) atoms. The molecule has 0 atom stereocenters. The Morgan fingerprint density at radius 2 is 1.25 bits per heavy atom. The van der Waals surface area contributed by atoms with Crippen molar-refractivity contribution in [3.63, 3.8) is 0 Å². The Morgan fingerprint density at radius 1 is 0.650 bits per heavy atom. The monoisotopic (exact) mass is 564 g/mol. The maximum atomic E-state index is 15.1. The second-order valence-electron chi connectivity index (χ2n) is 10.3. The van der Waals surface area contributed by atoms with Crippen LogP contribution in [0.15, 0.2) is 36.4 Å². The standard InChI is InChI=1S/C32H34F6O2/c1-3-5-18-40-26-16-12-21(27(33)31(26)37)11-8-19-6-9-20(10-7-19)22-13-14-23(29(35)28(22)34)24-15-17-25(39-4-2)32(38)30(24)36/h12-17,19-20H,3-11,18H2,1-2H3. The fourth-order valence-electron chi connectivity index (χ4n) is 5.42. The number of benzene rings is 3. The van der Waals surface area contributed by atoms with E-state index >= 15 is 8.78 Å². The molecule has 1 fully saturated rings. The van der Waals surface area contributed by atoms with E-state index in [0.29, 0.717) is 37.9 Å². The molecule has 0 heterocycles. The highest BCUT2D eigenvalue weighted by atomic mass is 19.2. The molecule has 0 saturated heterocycles. The van der Waals surface area contributed by atoms with Crippen LogP contribution in [0.3, 0.4) is 0 Å². The molecule has 0 aliphatic heterocycles. The van der Waals surface area contributed by atoms with E-state index in [0.717, 1.165) is 25.7 Å². The van der Waals surface area contributed by atoms with Gasteiger partial charge in [0, 0.05) is 11.1 Å². The zero-order valence-electron chi connectivity index (χ0n) is 22.8. The summed E-state index contributed by atoms with van der Waals surface area (Å²) in [7, 11) is 0. The van der Waals surface area contributed by atoms with Gasteiger partial charge in [-0.3, -0.25) is 0 Å². The first-order valence-corrected chi connectivity index (χ1v) is 13.9. The predicted molar refractivity (Wildman–Crippen MR) is 143 cm³/mol. The van der Waals surface area contributed by atoms with E-state index in [1.807, 2.05) is 6.92 Å². The number of unbranched alkanes of at least 4 members (excludes halogenated alkanes) is 1. The first-order chi connectivity index (χ1) is 19.3. The number of ether oxygens (including phenoxy) is 2. The van der Waals surface area contributed by atoms with E-state index in [4.69, 9.17) is 9.47 Å². The van der Waals surface area contributed by atoms with Crippen LogP contribution in [0.2, 0.25) is 0 Å². The summed E-state index contributed by atoms with van der Waals surface area (Å²) in [5.74, 6) is -7.04. The summed E-state index contributed by atoms with van der Waals surface area (Å²) >= 11 is 0. The largest absolute Gasteiger partial charge is 0.491 e. The molecule has 1 aliphatic carbocycles. The van der Waals surface area contributed by atoms with Gasteiger partial charge in [0.15, 0.2) is 34.8 Å². The van der Waals surface area contributed by atoms with Crippen LogP contribution in [0.1, 0.15) is 75.8 Å². The van der Waals surface area contributed by atoms with Crippen molar-refractivity contribution in [2.75, 3.05) is 13.2 Å². The van der Waals surface area contributed by atoms with Crippen LogP contribution in [-0.2, 0) is 6.42 Å². The molecule has 8 heteroatoms. The molecule has 0 aromatic heterocycles. The van der Waals surface area contributed by atoms with Crippen molar-refractivity contribution in [3.8, 4) is 22.6 Å². The molecule has 4 rings (SSSR count). The predicted octanol–water partition coefficient (Wildman–Crippen LogP) is 9.67. The normalized spacial score (nSPS) is 17.2. The van der Waals surface area contributed by atoms with E-state index in [2.05, 4.69) is 0 Å². The summed E-state index contributed by atoms with van der Waals surface area (Å²) < 4.78 is 98.4. The van der Waals surface area contributed by atoms with E-state index < -0.39 is 34.9 Å². The Bertz CT molecular complexity index is 1320. The van der Waals surface area contributed by atoms with Crippen molar-refractivity contribution in [2.24, 2.45) is 5.92 Å². The summed E-state index contributed by atoms with van der Waals surface area (Å²) in [5, 5.41) is 0. The Balaban J connectivity index is 1.38. The Hall–Kier alpha value is -3.16. The second kappa shape index (κ2) is 13.5. The highest BCUT2D eigenvalue weighted by Gasteiger charge is 2.28. The van der Waals surface area contributed by atoms with Gasteiger partial charge < -0.3 is 9.47 Å². The minimum Gasteiger partial charge on any atom is -0.491 e. The van der Waals surface area contributed by atoms with E-state index in [-0.39, 0.29) is 46.6 Å². The van der Waals surface area contributed by atoms with Crippen LogP contribution in [0.4, 0.5) is 26.3 Å². The first kappa shape index (κ1) is 29.8. The van der Waals surface area contributed by atoms with Crippen molar-refractivity contribution < 1.29 is 35.8 Å². The molecule has 0 N–H and O–H groups in total. The van der Waals surface area contributed by atoms with Gasteiger partial charge in [0.05, 0.1) is 13.2 Å². The average molecular weight is 565 g/mol. The Kier molecular flexibility index (Phi) is 10.0. The SMILES string of the molecule is CCCCOc1ccc(CCC2CCC(c3ccc(-c4ccc(OCC)c(F)c4F)c(F)c3F)CC2)c(F)c1F. The van der Waals surface area contributed by atoms with Crippen molar-refractivity contribution in [1.29, 1.82) is 0 Å². The van der Waals surface area contributed by atoms with Crippen LogP contribution >= 0.6 is 0 Å². The third kappa shape index (κ3) is 6.42. The molecule has 3 aromatic carbocycles. The lowest BCUT2D eigenvalue weighted by atomic mass is 9.76. The summed E-state index contributed by atoms with van der Waals surface area (Å²) in [6.45, 7) is 4.07. The van der Waals surface area contributed by atoms with Gasteiger partial charge in [-0.05, 0) is 93.0 Å². The van der Waals surface area contributed by atoms with Gasteiger partial charge in [-0.25, -0.2) is 17.6 Å². The van der Waals surface area contributed by atoms with Crippen LogP contribution in [0.25, 0.3) is 11.1 Å². The summed E-state index contributed by atoms with van der Waals surface area (Å²) in [5.41, 5.74) is -0.232. The Morgan fingerprint density at radius 3 is 1.93 bits per heavy atom. The molecule has 0 radical (unpaired) electrons. The van der Waals surface area contributed by atoms with Gasteiger partial charge >= 0.3 is 0 Å². The highest BCUT2D eigenvalue weighted by molar-refractivity contribution is 5.66. The topological polar surface area (TPSA) is 18.5 Å². The maximum Gasteiger partial charge on any atom is 0.201 e. The van der Waals surface area contributed by atoms with E-state index in [9.17, 15) is 17.6 Å². The van der Waals surface area contributed by atoms with Crippen molar-refractivity contribution in [1.82, 2.24) is 0 Å². The lowest BCUT2D eigenvalue weighted by Gasteiger charge is -2.29.